The number of rotatable bonds is 8. The second kappa shape index (κ2) is 10.2. The predicted molar refractivity (Wildman–Crippen MR) is 104 cm³/mol. The van der Waals surface area contributed by atoms with E-state index < -0.39 is 24.0 Å². The van der Waals surface area contributed by atoms with Gasteiger partial charge in [-0.3, -0.25) is 9.59 Å². The van der Waals surface area contributed by atoms with Gasteiger partial charge in [-0.25, -0.2) is 4.79 Å². The third-order valence-corrected chi connectivity index (χ3v) is 4.66. The zero-order valence-electron chi connectivity index (χ0n) is 15.7. The standard InChI is InChI=1S/C19H26ClN3O4/c1-3-5-6-11-23-12-15(18(25)27-4-2)16(17(23)24)22-19(26)21-14-9-7-13(20)8-10-14/h7-10,15-16H,3-6,11-12H2,1-2H3,(H2,21,22,26). The van der Waals surface area contributed by atoms with Gasteiger partial charge in [0.15, 0.2) is 0 Å². The highest BCUT2D eigenvalue weighted by Crippen LogP contribution is 2.21. The first-order valence-corrected chi connectivity index (χ1v) is 9.62. The van der Waals surface area contributed by atoms with E-state index in [-0.39, 0.29) is 19.1 Å². The molecule has 0 saturated carbocycles. The highest BCUT2D eigenvalue weighted by molar-refractivity contribution is 6.30. The van der Waals surface area contributed by atoms with Crippen molar-refractivity contribution in [2.45, 2.75) is 39.2 Å². The first-order chi connectivity index (χ1) is 13.0. The van der Waals surface area contributed by atoms with E-state index in [4.69, 9.17) is 16.3 Å². The van der Waals surface area contributed by atoms with Gasteiger partial charge in [-0.05, 0) is 37.6 Å². The maximum absolute atomic E-state index is 12.7. The molecule has 0 spiro atoms. The topological polar surface area (TPSA) is 87.7 Å². The van der Waals surface area contributed by atoms with E-state index in [1.54, 1.807) is 36.1 Å². The van der Waals surface area contributed by atoms with Crippen molar-refractivity contribution in [3.63, 3.8) is 0 Å². The smallest absolute Gasteiger partial charge is 0.319 e. The fraction of sp³-hybridized carbons (Fsp3) is 0.526. The van der Waals surface area contributed by atoms with Crippen molar-refractivity contribution < 1.29 is 19.1 Å². The Kier molecular flexibility index (Phi) is 7.91. The van der Waals surface area contributed by atoms with Gasteiger partial charge >= 0.3 is 12.0 Å². The SMILES string of the molecule is CCCCCN1CC(C(=O)OCC)C(NC(=O)Nc2ccc(Cl)cc2)C1=O. The highest BCUT2D eigenvalue weighted by Gasteiger charge is 2.45. The number of likely N-dealkylation sites (tertiary alicyclic amines) is 1. The minimum absolute atomic E-state index is 0.225. The van der Waals surface area contributed by atoms with Crippen LogP contribution in [0, 0.1) is 5.92 Å². The summed E-state index contributed by atoms with van der Waals surface area (Å²) in [6, 6.07) is 5.11. The number of unbranched alkanes of at least 4 members (excludes halogenated alkanes) is 2. The van der Waals surface area contributed by atoms with E-state index in [1.807, 2.05) is 0 Å². The molecule has 2 rings (SSSR count). The summed E-state index contributed by atoms with van der Waals surface area (Å²) < 4.78 is 5.09. The van der Waals surface area contributed by atoms with Gasteiger partial charge in [0, 0.05) is 23.8 Å². The third kappa shape index (κ3) is 5.85. The van der Waals surface area contributed by atoms with Gasteiger partial charge in [-0.15, -0.1) is 0 Å². The Balaban J connectivity index is 2.04. The van der Waals surface area contributed by atoms with Crippen LogP contribution in [0.3, 0.4) is 0 Å². The lowest BCUT2D eigenvalue weighted by atomic mass is 10.0. The number of urea groups is 1. The largest absolute Gasteiger partial charge is 0.466 e. The molecule has 2 unspecified atom stereocenters. The summed E-state index contributed by atoms with van der Waals surface area (Å²) in [4.78, 5) is 38.9. The number of hydrogen-bond acceptors (Lipinski definition) is 4. The number of anilines is 1. The Morgan fingerprint density at radius 2 is 1.93 bits per heavy atom. The molecular weight excluding hydrogens is 370 g/mol. The molecule has 148 valence electrons. The molecule has 8 heteroatoms. The Morgan fingerprint density at radius 1 is 1.22 bits per heavy atom. The lowest BCUT2D eigenvalue weighted by Gasteiger charge is -2.17. The average molecular weight is 396 g/mol. The quantitative estimate of drug-likeness (QED) is 0.523. The monoisotopic (exact) mass is 395 g/mol. The molecule has 1 fully saturated rings. The van der Waals surface area contributed by atoms with E-state index in [0.29, 0.717) is 17.3 Å². The summed E-state index contributed by atoms with van der Waals surface area (Å²) >= 11 is 5.83. The van der Waals surface area contributed by atoms with Crippen LogP contribution in [0.5, 0.6) is 0 Å². The highest BCUT2D eigenvalue weighted by atomic mass is 35.5. The minimum atomic E-state index is -0.932. The molecule has 1 aliphatic heterocycles. The second-order valence-corrected chi connectivity index (χ2v) is 6.87. The van der Waals surface area contributed by atoms with Crippen LogP contribution < -0.4 is 10.6 Å². The molecule has 1 saturated heterocycles. The lowest BCUT2D eigenvalue weighted by molar-refractivity contribution is -0.148. The van der Waals surface area contributed by atoms with Crippen molar-refractivity contribution in [2.75, 3.05) is 25.0 Å². The van der Waals surface area contributed by atoms with Gasteiger partial charge in [-0.2, -0.15) is 0 Å². The second-order valence-electron chi connectivity index (χ2n) is 6.43. The van der Waals surface area contributed by atoms with Gasteiger partial charge in [-0.1, -0.05) is 31.4 Å². The fourth-order valence-electron chi connectivity index (χ4n) is 3.02. The number of amides is 3. The van der Waals surface area contributed by atoms with Gasteiger partial charge in [0.25, 0.3) is 0 Å². The predicted octanol–water partition coefficient (Wildman–Crippen LogP) is 3.04. The normalized spacial score (nSPS) is 19.1. The lowest BCUT2D eigenvalue weighted by Crippen LogP contribution is -2.47. The molecule has 1 aliphatic rings. The zero-order valence-corrected chi connectivity index (χ0v) is 16.4. The molecule has 0 radical (unpaired) electrons. The summed E-state index contributed by atoms with van der Waals surface area (Å²) in [6.07, 6.45) is 2.90. The van der Waals surface area contributed by atoms with Crippen molar-refractivity contribution in [1.29, 1.82) is 0 Å². The van der Waals surface area contributed by atoms with Crippen molar-refractivity contribution in [1.82, 2.24) is 10.2 Å². The molecule has 27 heavy (non-hydrogen) atoms. The van der Waals surface area contributed by atoms with Crippen molar-refractivity contribution in [3.8, 4) is 0 Å². The molecule has 0 aliphatic carbocycles. The number of nitrogens with zero attached hydrogens (tertiary/aromatic N) is 1. The van der Waals surface area contributed by atoms with Crippen LogP contribution in [-0.4, -0.2) is 48.5 Å². The third-order valence-electron chi connectivity index (χ3n) is 4.41. The number of nitrogens with one attached hydrogen (secondary N) is 2. The van der Waals surface area contributed by atoms with Gasteiger partial charge < -0.3 is 20.3 Å². The fourth-order valence-corrected chi connectivity index (χ4v) is 3.15. The molecular formula is C19H26ClN3O4. The number of halogens is 1. The summed E-state index contributed by atoms with van der Waals surface area (Å²) in [5.74, 6) is -1.44. The first kappa shape index (κ1) is 21.0. The molecule has 0 aromatic heterocycles. The van der Waals surface area contributed by atoms with Crippen LogP contribution in [-0.2, 0) is 14.3 Å². The zero-order chi connectivity index (χ0) is 19.8. The van der Waals surface area contributed by atoms with Crippen LogP contribution in [0.4, 0.5) is 10.5 Å². The van der Waals surface area contributed by atoms with Crippen LogP contribution >= 0.6 is 11.6 Å². The Bertz CT molecular complexity index is 665. The average Bonchev–Trinajstić information content (AvgIpc) is 2.94. The van der Waals surface area contributed by atoms with Crippen molar-refractivity contribution >= 4 is 35.2 Å². The van der Waals surface area contributed by atoms with Crippen LogP contribution in [0.2, 0.25) is 5.02 Å². The van der Waals surface area contributed by atoms with Crippen molar-refractivity contribution in [2.24, 2.45) is 5.92 Å². The summed E-state index contributed by atoms with van der Waals surface area (Å²) in [7, 11) is 0. The van der Waals surface area contributed by atoms with Gasteiger partial charge in [0.1, 0.15) is 12.0 Å². The molecule has 2 N–H and O–H groups in total. The summed E-state index contributed by atoms with van der Waals surface area (Å²) in [5, 5.41) is 5.82. The number of benzene rings is 1. The van der Waals surface area contributed by atoms with Gasteiger partial charge in [0.05, 0.1) is 6.61 Å². The number of hydrogen-bond donors (Lipinski definition) is 2. The Hall–Kier alpha value is -2.28. The van der Waals surface area contributed by atoms with Crippen LogP contribution in [0.15, 0.2) is 24.3 Å². The molecule has 0 bridgehead atoms. The van der Waals surface area contributed by atoms with Crippen LogP contribution in [0.25, 0.3) is 0 Å². The minimum Gasteiger partial charge on any atom is -0.466 e. The molecule has 3 amide bonds. The summed E-state index contributed by atoms with van der Waals surface area (Å²) in [6.45, 7) is 4.85. The van der Waals surface area contributed by atoms with Crippen molar-refractivity contribution in [3.05, 3.63) is 29.3 Å². The van der Waals surface area contributed by atoms with E-state index in [2.05, 4.69) is 17.6 Å². The maximum Gasteiger partial charge on any atom is 0.319 e. The number of esters is 1. The van der Waals surface area contributed by atoms with E-state index in [1.165, 1.54) is 0 Å². The number of carbonyl (C=O) groups is 3. The van der Waals surface area contributed by atoms with Crippen LogP contribution in [0.1, 0.15) is 33.1 Å². The van der Waals surface area contributed by atoms with Gasteiger partial charge in [0.2, 0.25) is 5.91 Å². The molecule has 1 heterocycles. The molecule has 7 nitrogen and oxygen atoms in total. The molecule has 2 atom stereocenters. The maximum atomic E-state index is 12.7. The summed E-state index contributed by atoms with van der Waals surface area (Å²) in [5.41, 5.74) is 0.537. The van der Waals surface area contributed by atoms with E-state index in [0.717, 1.165) is 19.3 Å². The Morgan fingerprint density at radius 3 is 2.56 bits per heavy atom. The molecule has 1 aromatic rings. The number of ether oxygens (including phenoxy) is 1. The van der Waals surface area contributed by atoms with E-state index >= 15 is 0 Å². The number of carbonyl (C=O) groups excluding carboxylic acids is 3. The molecule has 1 aromatic carbocycles. The van der Waals surface area contributed by atoms with E-state index in [9.17, 15) is 14.4 Å². The Labute approximate surface area is 164 Å². The first-order valence-electron chi connectivity index (χ1n) is 9.24.